The highest BCUT2D eigenvalue weighted by atomic mass is 32.2. The Bertz CT molecular complexity index is 500. The standard InChI is InChI=1S/C15H27N5O3S/c1-10(21)12(16)14(23)20-5-2-15(9-20)18-11(8-24-15)13(22)19-6-3-17-4-7-19/h10-12,17-18,21H,2-9,16H2,1H3/t10-,11+,12+,15?/m1/s1. The second-order valence-corrected chi connectivity index (χ2v) is 8.26. The fraction of sp³-hybridized carbons (Fsp3) is 0.867. The van der Waals surface area contributed by atoms with Crippen molar-refractivity contribution in [1.82, 2.24) is 20.4 Å². The van der Waals surface area contributed by atoms with Gasteiger partial charge >= 0.3 is 0 Å². The van der Waals surface area contributed by atoms with Gasteiger partial charge < -0.3 is 26.0 Å². The molecule has 1 spiro atoms. The molecule has 0 aliphatic carbocycles. The molecule has 0 aromatic carbocycles. The molecule has 4 atom stereocenters. The Hall–Kier alpha value is -0.870. The predicted molar refractivity (Wildman–Crippen MR) is 92.4 cm³/mol. The summed E-state index contributed by atoms with van der Waals surface area (Å²) < 4.78 is 0. The van der Waals surface area contributed by atoms with Gasteiger partial charge in [-0.2, -0.15) is 0 Å². The van der Waals surface area contributed by atoms with Crippen LogP contribution in [0.4, 0.5) is 0 Å². The number of carbonyl (C=O) groups excluding carboxylic acids is 2. The molecule has 0 saturated carbocycles. The van der Waals surface area contributed by atoms with Crippen molar-refractivity contribution in [2.24, 2.45) is 5.73 Å². The number of aliphatic hydroxyl groups is 1. The minimum absolute atomic E-state index is 0.159. The lowest BCUT2D eigenvalue weighted by Gasteiger charge is -2.31. The first kappa shape index (κ1) is 17.9. The molecule has 3 heterocycles. The molecule has 3 saturated heterocycles. The van der Waals surface area contributed by atoms with Crippen LogP contribution in [0.5, 0.6) is 0 Å². The molecule has 5 N–H and O–H groups in total. The maximum Gasteiger partial charge on any atom is 0.242 e. The minimum atomic E-state index is -0.884. The number of likely N-dealkylation sites (tertiary alicyclic amines) is 1. The van der Waals surface area contributed by atoms with Gasteiger partial charge in [0.05, 0.1) is 17.0 Å². The van der Waals surface area contributed by atoms with Gasteiger partial charge in [-0.25, -0.2) is 0 Å². The average molecular weight is 357 g/mol. The van der Waals surface area contributed by atoms with Crippen molar-refractivity contribution < 1.29 is 14.7 Å². The van der Waals surface area contributed by atoms with Crippen LogP contribution in [-0.2, 0) is 9.59 Å². The van der Waals surface area contributed by atoms with Gasteiger partial charge in [-0.15, -0.1) is 11.8 Å². The summed E-state index contributed by atoms with van der Waals surface area (Å²) in [6.07, 6.45) is -0.0679. The van der Waals surface area contributed by atoms with Crippen molar-refractivity contribution >= 4 is 23.6 Å². The molecule has 3 aliphatic heterocycles. The van der Waals surface area contributed by atoms with Crippen LogP contribution in [0.25, 0.3) is 0 Å². The topological polar surface area (TPSA) is 111 Å². The van der Waals surface area contributed by atoms with Crippen LogP contribution in [0.2, 0.25) is 0 Å². The molecule has 8 nitrogen and oxygen atoms in total. The Balaban J connectivity index is 1.57. The lowest BCUT2D eigenvalue weighted by molar-refractivity contribution is -0.133. The van der Waals surface area contributed by atoms with E-state index in [0.29, 0.717) is 13.1 Å². The van der Waals surface area contributed by atoms with Crippen molar-refractivity contribution in [2.45, 2.75) is 36.4 Å². The zero-order valence-corrected chi connectivity index (χ0v) is 14.8. The molecule has 2 amide bonds. The van der Waals surface area contributed by atoms with E-state index in [1.165, 1.54) is 6.92 Å². The molecule has 9 heteroatoms. The molecule has 0 bridgehead atoms. The van der Waals surface area contributed by atoms with E-state index in [0.717, 1.165) is 38.4 Å². The van der Waals surface area contributed by atoms with Gasteiger partial charge in [-0.3, -0.25) is 14.9 Å². The maximum absolute atomic E-state index is 12.6. The molecule has 0 aromatic rings. The number of thioether (sulfide) groups is 1. The minimum Gasteiger partial charge on any atom is -0.391 e. The summed E-state index contributed by atoms with van der Waals surface area (Å²) in [5.41, 5.74) is 5.76. The van der Waals surface area contributed by atoms with E-state index in [1.807, 2.05) is 4.90 Å². The highest BCUT2D eigenvalue weighted by Crippen LogP contribution is 2.39. The largest absolute Gasteiger partial charge is 0.391 e. The van der Waals surface area contributed by atoms with Crippen molar-refractivity contribution in [3.05, 3.63) is 0 Å². The van der Waals surface area contributed by atoms with Gasteiger partial charge in [0, 0.05) is 45.0 Å². The van der Waals surface area contributed by atoms with Gasteiger partial charge in [0.2, 0.25) is 11.8 Å². The number of nitrogens with zero attached hydrogens (tertiary/aromatic N) is 2. The third-order valence-corrected chi connectivity index (χ3v) is 6.54. The highest BCUT2D eigenvalue weighted by Gasteiger charge is 2.48. The van der Waals surface area contributed by atoms with Crippen molar-refractivity contribution in [2.75, 3.05) is 45.0 Å². The van der Waals surface area contributed by atoms with Crippen LogP contribution in [0.15, 0.2) is 0 Å². The van der Waals surface area contributed by atoms with Crippen molar-refractivity contribution in [3.63, 3.8) is 0 Å². The third kappa shape index (κ3) is 3.55. The Morgan fingerprint density at radius 3 is 2.67 bits per heavy atom. The lowest BCUT2D eigenvalue weighted by atomic mass is 10.1. The smallest absolute Gasteiger partial charge is 0.242 e. The molecule has 136 valence electrons. The second-order valence-electron chi connectivity index (χ2n) is 6.85. The van der Waals surface area contributed by atoms with E-state index in [4.69, 9.17) is 5.73 Å². The van der Waals surface area contributed by atoms with Gasteiger partial charge in [0.25, 0.3) is 0 Å². The van der Waals surface area contributed by atoms with Crippen LogP contribution in [-0.4, -0.2) is 94.8 Å². The number of rotatable bonds is 3. The zero-order valence-electron chi connectivity index (χ0n) is 14.0. The Morgan fingerprint density at radius 1 is 1.29 bits per heavy atom. The number of piperazine rings is 1. The van der Waals surface area contributed by atoms with Crippen LogP contribution >= 0.6 is 11.8 Å². The van der Waals surface area contributed by atoms with E-state index in [-0.39, 0.29) is 22.7 Å². The number of carbonyl (C=O) groups is 2. The summed E-state index contributed by atoms with van der Waals surface area (Å²) in [6, 6.07) is -1.07. The summed E-state index contributed by atoms with van der Waals surface area (Å²) >= 11 is 1.72. The normalized spacial score (nSPS) is 33.0. The first-order valence-electron chi connectivity index (χ1n) is 8.55. The first-order valence-corrected chi connectivity index (χ1v) is 9.54. The molecule has 1 unspecified atom stereocenters. The van der Waals surface area contributed by atoms with Gasteiger partial charge in [0.1, 0.15) is 6.04 Å². The molecular formula is C15H27N5O3S. The average Bonchev–Trinajstić information content (AvgIpc) is 3.21. The van der Waals surface area contributed by atoms with Gasteiger partial charge in [0.15, 0.2) is 0 Å². The molecule has 0 radical (unpaired) electrons. The summed E-state index contributed by atoms with van der Waals surface area (Å²) in [7, 11) is 0. The highest BCUT2D eigenvalue weighted by molar-refractivity contribution is 8.01. The number of aliphatic hydroxyl groups excluding tert-OH is 1. The molecule has 24 heavy (non-hydrogen) atoms. The van der Waals surface area contributed by atoms with Crippen LogP contribution < -0.4 is 16.4 Å². The van der Waals surface area contributed by atoms with E-state index in [2.05, 4.69) is 10.6 Å². The van der Waals surface area contributed by atoms with E-state index >= 15 is 0 Å². The van der Waals surface area contributed by atoms with Gasteiger partial charge in [-0.1, -0.05) is 0 Å². The van der Waals surface area contributed by atoms with Crippen molar-refractivity contribution in [1.29, 1.82) is 0 Å². The molecule has 3 fully saturated rings. The van der Waals surface area contributed by atoms with Crippen molar-refractivity contribution in [3.8, 4) is 0 Å². The Kier molecular flexibility index (Phi) is 5.36. The maximum atomic E-state index is 12.6. The van der Waals surface area contributed by atoms with E-state index in [9.17, 15) is 14.7 Å². The SMILES string of the molecule is C[C@@H](O)[C@H](N)C(=O)N1CCC2(C1)N[C@H](C(=O)N1CCNCC1)CS2. The number of hydrogen-bond donors (Lipinski definition) is 4. The van der Waals surface area contributed by atoms with E-state index < -0.39 is 12.1 Å². The van der Waals surface area contributed by atoms with Crippen LogP contribution in [0.3, 0.4) is 0 Å². The first-order chi connectivity index (χ1) is 11.4. The Morgan fingerprint density at radius 2 is 2.00 bits per heavy atom. The third-order valence-electron chi connectivity index (χ3n) is 5.04. The number of amides is 2. The summed E-state index contributed by atoms with van der Waals surface area (Å²) in [5.74, 6) is 0.667. The number of hydrogen-bond acceptors (Lipinski definition) is 7. The monoisotopic (exact) mass is 357 g/mol. The fourth-order valence-corrected chi connectivity index (χ4v) is 4.93. The Labute approximate surface area is 146 Å². The van der Waals surface area contributed by atoms with E-state index in [1.54, 1.807) is 16.7 Å². The molecule has 3 rings (SSSR count). The number of nitrogens with two attached hydrogens (primary N) is 1. The van der Waals surface area contributed by atoms with Crippen LogP contribution in [0.1, 0.15) is 13.3 Å². The van der Waals surface area contributed by atoms with Crippen LogP contribution in [0, 0.1) is 0 Å². The second kappa shape index (κ2) is 7.17. The molecule has 3 aliphatic rings. The molecular weight excluding hydrogens is 330 g/mol. The quantitative estimate of drug-likeness (QED) is 0.452. The summed E-state index contributed by atoms with van der Waals surface area (Å²) in [6.45, 7) is 5.85. The summed E-state index contributed by atoms with van der Waals surface area (Å²) in [4.78, 5) is 28.3. The number of nitrogens with one attached hydrogen (secondary N) is 2. The molecule has 0 aromatic heterocycles. The predicted octanol–water partition coefficient (Wildman–Crippen LogP) is -2.24. The lowest BCUT2D eigenvalue weighted by Crippen LogP contribution is -2.55. The summed E-state index contributed by atoms with van der Waals surface area (Å²) in [5, 5.41) is 16.2. The van der Waals surface area contributed by atoms with Gasteiger partial charge in [-0.05, 0) is 13.3 Å². The zero-order chi connectivity index (χ0) is 17.3. The fourth-order valence-electron chi connectivity index (χ4n) is 3.51.